The van der Waals surface area contributed by atoms with Crippen LogP contribution in [0.15, 0.2) is 12.3 Å². The molecule has 168 valence electrons. The Morgan fingerprint density at radius 2 is 2.06 bits per heavy atom. The van der Waals surface area contributed by atoms with Crippen LogP contribution in [-0.4, -0.2) is 46.1 Å². The first-order chi connectivity index (χ1) is 14.5. The summed E-state index contributed by atoms with van der Waals surface area (Å²) in [4.78, 5) is 30.7. The van der Waals surface area contributed by atoms with E-state index in [0.29, 0.717) is 12.2 Å². The molecule has 3 heterocycles. The highest BCUT2D eigenvalue weighted by Crippen LogP contribution is 2.33. The summed E-state index contributed by atoms with van der Waals surface area (Å²) in [7, 11) is 0. The number of aromatic nitrogens is 2. The van der Waals surface area contributed by atoms with E-state index in [0.717, 1.165) is 41.3 Å². The maximum absolute atomic E-state index is 12.2. The van der Waals surface area contributed by atoms with Crippen molar-refractivity contribution in [3.05, 3.63) is 29.2 Å². The molecule has 0 bridgehead atoms. The maximum Gasteiger partial charge on any atom is 0.407 e. The lowest BCUT2D eigenvalue weighted by Gasteiger charge is -2.36. The van der Waals surface area contributed by atoms with Crippen molar-refractivity contribution in [1.82, 2.24) is 14.7 Å². The van der Waals surface area contributed by atoms with Crippen molar-refractivity contribution in [3.8, 4) is 0 Å². The molecule has 10 heteroatoms. The van der Waals surface area contributed by atoms with E-state index in [1.807, 2.05) is 40.7 Å². The van der Waals surface area contributed by atoms with Gasteiger partial charge in [-0.1, -0.05) is 0 Å². The van der Waals surface area contributed by atoms with Gasteiger partial charge in [0.1, 0.15) is 10.6 Å². The van der Waals surface area contributed by atoms with Gasteiger partial charge in [-0.05, 0) is 70.6 Å². The Bertz CT molecular complexity index is 969. The highest BCUT2D eigenvalue weighted by atomic mass is 32.1. The van der Waals surface area contributed by atoms with E-state index in [2.05, 4.69) is 24.9 Å². The Labute approximate surface area is 186 Å². The first-order valence-electron chi connectivity index (χ1n) is 10.3. The number of carbonyl (C=O) groups is 2. The molecular weight excluding hydrogens is 416 g/mol. The fourth-order valence-corrected chi connectivity index (χ4v) is 4.25. The molecule has 0 aliphatic carbocycles. The molecule has 9 nitrogen and oxygen atoms in total. The molecule has 1 aliphatic rings. The van der Waals surface area contributed by atoms with Gasteiger partial charge in [-0.3, -0.25) is 4.79 Å². The van der Waals surface area contributed by atoms with Crippen molar-refractivity contribution in [2.75, 3.05) is 23.3 Å². The molecule has 1 aliphatic heterocycles. The highest BCUT2D eigenvalue weighted by Gasteiger charge is 2.27. The molecule has 0 aromatic carbocycles. The fraction of sp³-hybridized carbons (Fsp3) is 0.524. The summed E-state index contributed by atoms with van der Waals surface area (Å²) < 4.78 is 9.66. The van der Waals surface area contributed by atoms with Gasteiger partial charge >= 0.3 is 6.09 Å². The largest absolute Gasteiger partial charge is 0.444 e. The van der Waals surface area contributed by atoms with Crippen LogP contribution >= 0.6 is 11.5 Å². The van der Waals surface area contributed by atoms with E-state index < -0.39 is 17.6 Å². The Balaban J connectivity index is 1.82. The van der Waals surface area contributed by atoms with Crippen molar-refractivity contribution >= 4 is 39.9 Å². The summed E-state index contributed by atoms with van der Waals surface area (Å²) in [6.07, 6.45) is 3.04. The standard InChI is InChI=1S/C21H30N6O3S/c1-12-9-16(31-26-12)25-17-13(2)15(10-23-18(17)19(22)28)27-8-6-7-14(11-27)24-20(29)30-21(3,4)5/h9-10,14,25H,6-8,11H2,1-5H3,(H2,22,28)(H,24,29)/t14-/m1/s1. The number of nitrogens with one attached hydrogen (secondary N) is 2. The average molecular weight is 447 g/mol. The molecular formula is C21H30N6O3S. The predicted molar refractivity (Wildman–Crippen MR) is 122 cm³/mol. The molecule has 1 fully saturated rings. The summed E-state index contributed by atoms with van der Waals surface area (Å²) in [5.41, 5.74) is 8.45. The number of primary amides is 1. The average Bonchev–Trinajstić information content (AvgIpc) is 3.06. The summed E-state index contributed by atoms with van der Waals surface area (Å²) in [5, 5.41) is 7.04. The van der Waals surface area contributed by atoms with Gasteiger partial charge in [0.25, 0.3) is 5.91 Å². The smallest absolute Gasteiger partial charge is 0.407 e. The minimum Gasteiger partial charge on any atom is -0.444 e. The Kier molecular flexibility index (Phi) is 6.68. The Morgan fingerprint density at radius 1 is 1.32 bits per heavy atom. The SMILES string of the molecule is Cc1cc(Nc2c(C(N)=O)ncc(N3CCC[C@@H](NC(=O)OC(C)(C)C)C3)c2C)sn1. The highest BCUT2D eigenvalue weighted by molar-refractivity contribution is 7.10. The molecule has 3 rings (SSSR count). The number of alkyl carbamates (subject to hydrolysis) is 1. The van der Waals surface area contributed by atoms with Crippen molar-refractivity contribution in [1.29, 1.82) is 0 Å². The number of nitrogens with zero attached hydrogens (tertiary/aromatic N) is 3. The molecule has 1 atom stereocenters. The summed E-state index contributed by atoms with van der Waals surface area (Å²) in [6.45, 7) is 10.8. The third-order valence-electron chi connectivity index (χ3n) is 4.90. The van der Waals surface area contributed by atoms with E-state index in [4.69, 9.17) is 10.5 Å². The summed E-state index contributed by atoms with van der Waals surface area (Å²) in [5.74, 6) is -0.596. The van der Waals surface area contributed by atoms with Crippen molar-refractivity contribution in [2.24, 2.45) is 5.73 Å². The number of carbonyl (C=O) groups excluding carboxylic acids is 2. The number of nitrogens with two attached hydrogens (primary N) is 1. The van der Waals surface area contributed by atoms with Crippen LogP contribution in [0.5, 0.6) is 0 Å². The number of piperidine rings is 1. The zero-order valence-corrected chi connectivity index (χ0v) is 19.4. The number of amides is 2. The van der Waals surface area contributed by atoms with Crippen LogP contribution in [0, 0.1) is 13.8 Å². The van der Waals surface area contributed by atoms with Gasteiger partial charge in [0.15, 0.2) is 5.69 Å². The minimum atomic E-state index is -0.596. The number of aryl methyl sites for hydroxylation is 1. The first kappa shape index (κ1) is 22.8. The lowest BCUT2D eigenvalue weighted by molar-refractivity contribution is 0.0499. The van der Waals surface area contributed by atoms with Gasteiger partial charge in [0, 0.05) is 19.1 Å². The molecule has 0 spiro atoms. The van der Waals surface area contributed by atoms with E-state index in [-0.39, 0.29) is 11.7 Å². The third kappa shape index (κ3) is 5.84. The van der Waals surface area contributed by atoms with E-state index in [1.165, 1.54) is 11.5 Å². The molecule has 0 radical (unpaired) electrons. The molecule has 1 saturated heterocycles. The first-order valence-corrected chi connectivity index (χ1v) is 11.0. The lowest BCUT2D eigenvalue weighted by Crippen LogP contribution is -2.49. The van der Waals surface area contributed by atoms with Crippen LogP contribution in [0.1, 0.15) is 55.4 Å². The number of pyridine rings is 1. The minimum absolute atomic E-state index is 0.0422. The second-order valence-electron chi connectivity index (χ2n) is 8.75. The topological polar surface area (TPSA) is 122 Å². The predicted octanol–water partition coefficient (Wildman–Crippen LogP) is 3.49. The fourth-order valence-electron chi connectivity index (χ4n) is 3.59. The number of ether oxygens (including phenoxy) is 1. The van der Waals surface area contributed by atoms with Crippen LogP contribution in [0.4, 0.5) is 21.2 Å². The van der Waals surface area contributed by atoms with Crippen molar-refractivity contribution in [2.45, 2.75) is 59.1 Å². The van der Waals surface area contributed by atoms with Crippen LogP contribution in [0.3, 0.4) is 0 Å². The quantitative estimate of drug-likeness (QED) is 0.642. The third-order valence-corrected chi connectivity index (χ3v) is 5.70. The normalized spacial score (nSPS) is 16.7. The van der Waals surface area contributed by atoms with Gasteiger partial charge in [-0.15, -0.1) is 0 Å². The summed E-state index contributed by atoms with van der Waals surface area (Å²) in [6, 6.07) is 1.86. The number of rotatable bonds is 5. The van der Waals surface area contributed by atoms with Crippen molar-refractivity contribution in [3.63, 3.8) is 0 Å². The zero-order chi connectivity index (χ0) is 22.8. The maximum atomic E-state index is 12.2. The molecule has 0 unspecified atom stereocenters. The Hall–Kier alpha value is -2.88. The Morgan fingerprint density at radius 3 is 2.68 bits per heavy atom. The zero-order valence-electron chi connectivity index (χ0n) is 18.6. The van der Waals surface area contributed by atoms with Gasteiger partial charge < -0.3 is 26.0 Å². The second kappa shape index (κ2) is 9.09. The van der Waals surface area contributed by atoms with Gasteiger partial charge in [0.2, 0.25) is 0 Å². The van der Waals surface area contributed by atoms with Crippen LogP contribution in [-0.2, 0) is 4.74 Å². The number of anilines is 3. The molecule has 4 N–H and O–H groups in total. The van der Waals surface area contributed by atoms with Crippen LogP contribution < -0.4 is 21.3 Å². The van der Waals surface area contributed by atoms with Crippen molar-refractivity contribution < 1.29 is 14.3 Å². The van der Waals surface area contributed by atoms with Gasteiger partial charge in [-0.25, -0.2) is 9.78 Å². The molecule has 2 aromatic heterocycles. The van der Waals surface area contributed by atoms with Crippen LogP contribution in [0.25, 0.3) is 0 Å². The molecule has 31 heavy (non-hydrogen) atoms. The summed E-state index contributed by atoms with van der Waals surface area (Å²) >= 11 is 1.31. The molecule has 0 saturated carbocycles. The number of hydrogen-bond donors (Lipinski definition) is 3. The van der Waals surface area contributed by atoms with E-state index in [9.17, 15) is 9.59 Å². The van der Waals surface area contributed by atoms with E-state index in [1.54, 1.807) is 6.20 Å². The number of hydrogen-bond acceptors (Lipinski definition) is 8. The van der Waals surface area contributed by atoms with Gasteiger partial charge in [0.05, 0.1) is 23.3 Å². The lowest BCUT2D eigenvalue weighted by atomic mass is 10.0. The molecule has 2 amide bonds. The molecule has 2 aromatic rings. The van der Waals surface area contributed by atoms with E-state index >= 15 is 0 Å². The second-order valence-corrected chi connectivity index (χ2v) is 9.55. The van der Waals surface area contributed by atoms with Crippen LogP contribution in [0.2, 0.25) is 0 Å². The van der Waals surface area contributed by atoms with Gasteiger partial charge in [-0.2, -0.15) is 4.37 Å². The monoisotopic (exact) mass is 446 g/mol.